The highest BCUT2D eigenvalue weighted by Gasteiger charge is 2.25. The van der Waals surface area contributed by atoms with E-state index in [1.165, 1.54) is 19.3 Å². The van der Waals surface area contributed by atoms with Gasteiger partial charge in [0, 0.05) is 12.5 Å². The van der Waals surface area contributed by atoms with E-state index in [1.807, 2.05) is 6.92 Å². The summed E-state index contributed by atoms with van der Waals surface area (Å²) in [5, 5.41) is 3.00. The fourth-order valence-corrected chi connectivity index (χ4v) is 2.94. The van der Waals surface area contributed by atoms with Crippen molar-refractivity contribution < 1.29 is 4.39 Å². The predicted molar refractivity (Wildman–Crippen MR) is 75.9 cm³/mol. The van der Waals surface area contributed by atoms with E-state index in [9.17, 15) is 4.39 Å². The Kier molecular flexibility index (Phi) is 4.72. The number of hydrogen-bond donors (Lipinski definition) is 1. The van der Waals surface area contributed by atoms with Crippen LogP contribution >= 0.6 is 0 Å². The van der Waals surface area contributed by atoms with E-state index < -0.39 is 0 Å². The van der Waals surface area contributed by atoms with Crippen molar-refractivity contribution in [3.05, 3.63) is 17.3 Å². The Morgan fingerprint density at radius 3 is 2.74 bits per heavy atom. The van der Waals surface area contributed by atoms with Crippen molar-refractivity contribution in [1.82, 2.24) is 9.97 Å². The lowest BCUT2D eigenvalue weighted by atomic mass is 9.80. The fourth-order valence-electron chi connectivity index (χ4n) is 2.94. The third kappa shape index (κ3) is 3.23. The molecular weight excluding hydrogens is 241 g/mol. The third-order valence-corrected chi connectivity index (χ3v) is 4.10. The highest BCUT2D eigenvalue weighted by molar-refractivity contribution is 5.38. The van der Waals surface area contributed by atoms with Crippen molar-refractivity contribution in [2.45, 2.75) is 58.8 Å². The van der Waals surface area contributed by atoms with Gasteiger partial charge in [0.15, 0.2) is 11.6 Å². The molecule has 0 amide bonds. The van der Waals surface area contributed by atoms with Crippen molar-refractivity contribution in [2.75, 3.05) is 11.9 Å². The van der Waals surface area contributed by atoms with E-state index in [0.29, 0.717) is 24.0 Å². The number of rotatable bonds is 4. The minimum atomic E-state index is -0.312. The maximum absolute atomic E-state index is 13.9. The Labute approximate surface area is 115 Å². The molecule has 19 heavy (non-hydrogen) atoms. The number of hydrogen-bond acceptors (Lipinski definition) is 3. The molecule has 1 heterocycles. The van der Waals surface area contributed by atoms with Crippen LogP contribution in [-0.2, 0) is 0 Å². The summed E-state index contributed by atoms with van der Waals surface area (Å²) in [5.41, 5.74) is 0.458. The first-order valence-corrected chi connectivity index (χ1v) is 7.43. The summed E-state index contributed by atoms with van der Waals surface area (Å²) < 4.78 is 13.9. The summed E-state index contributed by atoms with van der Waals surface area (Å²) in [6.07, 6.45) is 6.05. The summed E-state index contributed by atoms with van der Waals surface area (Å²) in [5.74, 6) is 2.05. The molecule has 1 fully saturated rings. The van der Waals surface area contributed by atoms with Gasteiger partial charge in [-0.1, -0.05) is 26.2 Å². The molecule has 0 bridgehead atoms. The Hall–Kier alpha value is -1.19. The molecule has 0 saturated heterocycles. The molecule has 106 valence electrons. The smallest absolute Gasteiger partial charge is 0.186 e. The summed E-state index contributed by atoms with van der Waals surface area (Å²) in [4.78, 5) is 8.80. The van der Waals surface area contributed by atoms with Gasteiger partial charge in [-0.25, -0.2) is 14.4 Å². The second kappa shape index (κ2) is 6.31. The first-order valence-electron chi connectivity index (χ1n) is 7.43. The number of nitrogens with one attached hydrogen (secondary N) is 1. The molecule has 1 aliphatic carbocycles. The molecule has 1 aromatic rings. The van der Waals surface area contributed by atoms with E-state index in [4.69, 9.17) is 0 Å². The first kappa shape index (κ1) is 14.2. The Balaban J connectivity index is 2.24. The minimum absolute atomic E-state index is 0.312. The normalized spacial score (nSPS) is 23.4. The average molecular weight is 265 g/mol. The van der Waals surface area contributed by atoms with E-state index in [1.54, 1.807) is 6.92 Å². The Morgan fingerprint density at radius 2 is 2.05 bits per heavy atom. The zero-order chi connectivity index (χ0) is 13.8. The molecule has 4 heteroatoms. The maximum atomic E-state index is 13.9. The van der Waals surface area contributed by atoms with Crippen molar-refractivity contribution in [3.8, 4) is 0 Å². The molecule has 2 atom stereocenters. The lowest BCUT2D eigenvalue weighted by Gasteiger charge is -2.27. The molecule has 0 spiro atoms. The standard InChI is InChI=1S/C15H24FN3/c1-4-11-7-6-8-12(9-11)14-18-10(3)13(16)15(19-14)17-5-2/h11-12H,4-9H2,1-3H3,(H,17,18,19). The van der Waals surface area contributed by atoms with Crippen LogP contribution in [0, 0.1) is 18.7 Å². The van der Waals surface area contributed by atoms with Gasteiger partial charge in [0.05, 0.1) is 5.69 Å². The molecule has 1 aromatic heterocycles. The van der Waals surface area contributed by atoms with E-state index in [2.05, 4.69) is 22.2 Å². The van der Waals surface area contributed by atoms with Crippen LogP contribution in [0.4, 0.5) is 10.2 Å². The number of nitrogens with zero attached hydrogens (tertiary/aromatic N) is 2. The Bertz CT molecular complexity index is 434. The molecule has 2 unspecified atom stereocenters. The lowest BCUT2D eigenvalue weighted by Crippen LogP contribution is -2.18. The van der Waals surface area contributed by atoms with Gasteiger partial charge in [0.2, 0.25) is 0 Å². The van der Waals surface area contributed by atoms with Crippen LogP contribution in [-0.4, -0.2) is 16.5 Å². The van der Waals surface area contributed by atoms with Crippen molar-refractivity contribution >= 4 is 5.82 Å². The van der Waals surface area contributed by atoms with Gasteiger partial charge in [-0.2, -0.15) is 0 Å². The number of aromatic nitrogens is 2. The molecule has 1 aliphatic rings. The van der Waals surface area contributed by atoms with Crippen LogP contribution in [0.25, 0.3) is 0 Å². The molecule has 1 saturated carbocycles. The van der Waals surface area contributed by atoms with E-state index in [0.717, 1.165) is 24.6 Å². The second-order valence-electron chi connectivity index (χ2n) is 5.50. The SMILES string of the molecule is CCNc1nc(C2CCCC(CC)C2)nc(C)c1F. The number of anilines is 1. The first-order chi connectivity index (χ1) is 9.15. The number of halogens is 1. The van der Waals surface area contributed by atoms with E-state index >= 15 is 0 Å². The zero-order valence-corrected chi connectivity index (χ0v) is 12.2. The third-order valence-electron chi connectivity index (χ3n) is 4.10. The zero-order valence-electron chi connectivity index (χ0n) is 12.2. The summed E-state index contributed by atoms with van der Waals surface area (Å²) in [6, 6.07) is 0. The lowest BCUT2D eigenvalue weighted by molar-refractivity contribution is 0.306. The monoisotopic (exact) mass is 265 g/mol. The van der Waals surface area contributed by atoms with Crippen LogP contribution < -0.4 is 5.32 Å². The molecule has 0 radical (unpaired) electrons. The van der Waals surface area contributed by atoms with Crippen LogP contribution in [0.5, 0.6) is 0 Å². The average Bonchev–Trinajstić information content (AvgIpc) is 2.44. The van der Waals surface area contributed by atoms with Gasteiger partial charge in [0.25, 0.3) is 0 Å². The van der Waals surface area contributed by atoms with Crippen molar-refractivity contribution in [1.29, 1.82) is 0 Å². The molecule has 1 N–H and O–H groups in total. The van der Waals surface area contributed by atoms with Crippen LogP contribution in [0.15, 0.2) is 0 Å². The molecular formula is C15H24FN3. The van der Waals surface area contributed by atoms with Crippen LogP contribution in [0.2, 0.25) is 0 Å². The Morgan fingerprint density at radius 1 is 1.26 bits per heavy atom. The van der Waals surface area contributed by atoms with Crippen molar-refractivity contribution in [2.24, 2.45) is 5.92 Å². The second-order valence-corrected chi connectivity index (χ2v) is 5.50. The molecule has 0 aliphatic heterocycles. The van der Waals surface area contributed by atoms with Gasteiger partial charge in [-0.3, -0.25) is 0 Å². The van der Waals surface area contributed by atoms with E-state index in [-0.39, 0.29) is 5.82 Å². The van der Waals surface area contributed by atoms with Gasteiger partial charge >= 0.3 is 0 Å². The summed E-state index contributed by atoms with van der Waals surface area (Å²) in [7, 11) is 0. The minimum Gasteiger partial charge on any atom is -0.368 e. The van der Waals surface area contributed by atoms with Crippen LogP contribution in [0.1, 0.15) is 63.4 Å². The van der Waals surface area contributed by atoms with Crippen LogP contribution in [0.3, 0.4) is 0 Å². The van der Waals surface area contributed by atoms with Crippen molar-refractivity contribution in [3.63, 3.8) is 0 Å². The molecule has 3 nitrogen and oxygen atoms in total. The summed E-state index contributed by atoms with van der Waals surface area (Å²) >= 11 is 0. The van der Waals surface area contributed by atoms with Gasteiger partial charge < -0.3 is 5.32 Å². The quantitative estimate of drug-likeness (QED) is 0.892. The summed E-state index contributed by atoms with van der Waals surface area (Å²) in [6.45, 7) is 6.59. The number of aryl methyl sites for hydroxylation is 1. The highest BCUT2D eigenvalue weighted by atomic mass is 19.1. The largest absolute Gasteiger partial charge is 0.368 e. The predicted octanol–water partition coefficient (Wildman–Crippen LogP) is 4.04. The van der Waals surface area contributed by atoms with Gasteiger partial charge in [-0.05, 0) is 32.6 Å². The highest BCUT2D eigenvalue weighted by Crippen LogP contribution is 2.36. The molecule has 2 rings (SSSR count). The maximum Gasteiger partial charge on any atom is 0.186 e. The van der Waals surface area contributed by atoms with Gasteiger partial charge in [0.1, 0.15) is 5.82 Å². The van der Waals surface area contributed by atoms with Gasteiger partial charge in [-0.15, -0.1) is 0 Å². The topological polar surface area (TPSA) is 37.8 Å². The fraction of sp³-hybridized carbons (Fsp3) is 0.733. The molecule has 0 aromatic carbocycles.